The predicted molar refractivity (Wildman–Crippen MR) is 81.7 cm³/mol. The van der Waals surface area contributed by atoms with Crippen LogP contribution in [-0.4, -0.2) is 4.98 Å². The van der Waals surface area contributed by atoms with Crippen LogP contribution in [0.25, 0.3) is 10.6 Å². The maximum atomic E-state index is 9.29. The van der Waals surface area contributed by atoms with Crippen molar-refractivity contribution in [3.05, 3.63) is 63.3 Å². The van der Waals surface area contributed by atoms with Crippen molar-refractivity contribution in [1.29, 1.82) is 5.26 Å². The largest absolute Gasteiger partial charge is 0.264 e. The zero-order valence-electron chi connectivity index (χ0n) is 9.57. The van der Waals surface area contributed by atoms with E-state index in [1.54, 1.807) is 36.7 Å². The zero-order chi connectivity index (χ0) is 13.8. The van der Waals surface area contributed by atoms with Crippen molar-refractivity contribution in [3.8, 4) is 6.07 Å². The monoisotopic (exact) mass is 352 g/mol. The van der Waals surface area contributed by atoms with Crippen molar-refractivity contribution in [2.75, 3.05) is 0 Å². The van der Waals surface area contributed by atoms with Crippen LogP contribution in [0.2, 0.25) is 5.02 Å². The molecule has 2 rings (SSSR count). The van der Waals surface area contributed by atoms with Crippen LogP contribution in [0.4, 0.5) is 0 Å². The van der Waals surface area contributed by atoms with E-state index in [-0.39, 0.29) is 0 Å². The van der Waals surface area contributed by atoms with Crippen molar-refractivity contribution >= 4 is 49.7 Å². The first kappa shape index (κ1) is 14.1. The van der Waals surface area contributed by atoms with Crippen LogP contribution in [0.3, 0.4) is 0 Å². The normalized spacial score (nSPS) is 11.7. The first-order valence-corrected chi connectivity index (χ1v) is 6.83. The van der Waals surface area contributed by atoms with E-state index in [0.717, 1.165) is 4.47 Å². The first-order valence-electron chi connectivity index (χ1n) is 5.28. The van der Waals surface area contributed by atoms with Gasteiger partial charge in [0.25, 0.3) is 0 Å². The van der Waals surface area contributed by atoms with Crippen LogP contribution in [0.1, 0.15) is 11.1 Å². The highest BCUT2D eigenvalue weighted by Gasteiger charge is 2.10. The molecule has 0 N–H and O–H groups in total. The molecule has 5 heteroatoms. The summed E-state index contributed by atoms with van der Waals surface area (Å²) in [7, 11) is 0. The Morgan fingerprint density at radius 2 is 2.05 bits per heavy atom. The minimum Gasteiger partial charge on any atom is -0.264 e. The molecule has 2 nitrogen and oxygen atoms in total. The molecule has 0 bridgehead atoms. The van der Waals surface area contributed by atoms with Crippen molar-refractivity contribution in [2.45, 2.75) is 0 Å². The number of benzene rings is 1. The maximum absolute atomic E-state index is 9.29. The van der Waals surface area contributed by atoms with Crippen molar-refractivity contribution in [2.24, 2.45) is 0 Å². The molecule has 19 heavy (non-hydrogen) atoms. The van der Waals surface area contributed by atoms with E-state index in [1.165, 1.54) is 0 Å². The molecule has 1 heterocycles. The minimum atomic E-state index is 0.346. The number of allylic oxidation sites excluding steroid dienone is 1. The Kier molecular flexibility index (Phi) is 4.60. The third kappa shape index (κ3) is 3.36. The predicted octanol–water partition coefficient (Wildman–Crippen LogP) is 5.13. The van der Waals surface area contributed by atoms with E-state index in [9.17, 15) is 5.26 Å². The van der Waals surface area contributed by atoms with Crippen LogP contribution in [0.15, 0.2) is 47.2 Å². The lowest BCUT2D eigenvalue weighted by molar-refractivity contribution is 1.31. The standard InChI is InChI=1S/C14H7BrCl2N2/c15-11-4-10(5-12(16)6-11)14(17)13(7-18)9-2-1-3-19-8-9/h1-6,8H/b14-13-. The van der Waals surface area contributed by atoms with Gasteiger partial charge in [-0.15, -0.1) is 0 Å². The molecule has 0 aliphatic heterocycles. The molecule has 0 spiro atoms. The average molecular weight is 354 g/mol. The fourth-order valence-electron chi connectivity index (χ4n) is 1.58. The van der Waals surface area contributed by atoms with E-state index in [0.29, 0.717) is 26.8 Å². The first-order chi connectivity index (χ1) is 9.11. The van der Waals surface area contributed by atoms with E-state index in [4.69, 9.17) is 23.2 Å². The molecule has 0 aliphatic carbocycles. The van der Waals surface area contributed by atoms with Crippen LogP contribution in [-0.2, 0) is 0 Å². The Labute approximate surface area is 129 Å². The summed E-state index contributed by atoms with van der Waals surface area (Å²) in [6, 6.07) is 10.9. The molecule has 0 radical (unpaired) electrons. The Balaban J connectivity index is 2.59. The SMILES string of the molecule is N#C/C(=C(/Cl)c1cc(Cl)cc(Br)c1)c1cccnc1. The van der Waals surface area contributed by atoms with Gasteiger partial charge in [-0.05, 0) is 29.8 Å². The second kappa shape index (κ2) is 6.21. The molecule has 0 saturated carbocycles. The second-order valence-corrected chi connectivity index (χ2v) is 5.43. The number of nitrogens with zero attached hydrogens (tertiary/aromatic N) is 2. The summed E-state index contributed by atoms with van der Waals surface area (Å²) in [5.41, 5.74) is 1.72. The molecule has 0 aliphatic rings. The highest BCUT2D eigenvalue weighted by Crippen LogP contribution is 2.32. The van der Waals surface area contributed by atoms with Gasteiger partial charge in [-0.1, -0.05) is 45.2 Å². The zero-order valence-corrected chi connectivity index (χ0v) is 12.7. The maximum Gasteiger partial charge on any atom is 0.101 e. The fourth-order valence-corrected chi connectivity index (χ4v) is 2.70. The Morgan fingerprint density at radius 3 is 2.63 bits per heavy atom. The van der Waals surface area contributed by atoms with Gasteiger partial charge in [-0.25, -0.2) is 0 Å². The third-order valence-electron chi connectivity index (χ3n) is 2.40. The number of hydrogen-bond acceptors (Lipinski definition) is 2. The number of hydrogen-bond donors (Lipinski definition) is 0. The summed E-state index contributed by atoms with van der Waals surface area (Å²) in [6.45, 7) is 0. The smallest absolute Gasteiger partial charge is 0.101 e. The van der Waals surface area contributed by atoms with E-state index < -0.39 is 0 Å². The number of aromatic nitrogens is 1. The highest BCUT2D eigenvalue weighted by molar-refractivity contribution is 9.10. The van der Waals surface area contributed by atoms with Crippen LogP contribution in [0, 0.1) is 11.3 Å². The molecule has 1 aromatic heterocycles. The molecule has 94 valence electrons. The number of pyridine rings is 1. The molecular formula is C14H7BrCl2N2. The summed E-state index contributed by atoms with van der Waals surface area (Å²) in [6.07, 6.45) is 3.24. The molecular weight excluding hydrogens is 347 g/mol. The van der Waals surface area contributed by atoms with Gasteiger partial charge >= 0.3 is 0 Å². The highest BCUT2D eigenvalue weighted by atomic mass is 79.9. The molecule has 0 atom stereocenters. The molecule has 0 unspecified atom stereocenters. The number of rotatable bonds is 2. The summed E-state index contributed by atoms with van der Waals surface area (Å²) < 4.78 is 0.802. The summed E-state index contributed by atoms with van der Waals surface area (Å²) in [4.78, 5) is 3.99. The number of nitriles is 1. The number of halogens is 3. The Morgan fingerprint density at radius 1 is 1.26 bits per heavy atom. The molecule has 0 fully saturated rings. The topological polar surface area (TPSA) is 36.7 Å². The Bertz CT molecular complexity index is 655. The van der Waals surface area contributed by atoms with Crippen molar-refractivity contribution < 1.29 is 0 Å². The van der Waals surface area contributed by atoms with Crippen molar-refractivity contribution in [1.82, 2.24) is 4.98 Å². The van der Waals surface area contributed by atoms with E-state index >= 15 is 0 Å². The van der Waals surface area contributed by atoms with Gasteiger partial charge in [0, 0.05) is 27.5 Å². The van der Waals surface area contributed by atoms with Gasteiger partial charge in [0.1, 0.15) is 6.07 Å². The van der Waals surface area contributed by atoms with Crippen molar-refractivity contribution in [3.63, 3.8) is 0 Å². The van der Waals surface area contributed by atoms with Crippen LogP contribution < -0.4 is 0 Å². The van der Waals surface area contributed by atoms with E-state index in [1.807, 2.05) is 6.07 Å². The van der Waals surface area contributed by atoms with Gasteiger partial charge in [-0.2, -0.15) is 5.26 Å². The summed E-state index contributed by atoms with van der Waals surface area (Å²) in [5.74, 6) is 0. The third-order valence-corrected chi connectivity index (χ3v) is 3.48. The van der Waals surface area contributed by atoms with Gasteiger partial charge in [0.2, 0.25) is 0 Å². The lowest BCUT2D eigenvalue weighted by atomic mass is 10.1. The van der Waals surface area contributed by atoms with Gasteiger partial charge in [0.15, 0.2) is 0 Å². The molecule has 1 aromatic carbocycles. The van der Waals surface area contributed by atoms with Crippen LogP contribution >= 0.6 is 39.1 Å². The quantitative estimate of drug-likeness (QED) is 0.702. The lowest BCUT2D eigenvalue weighted by Gasteiger charge is -2.05. The molecule has 2 aromatic rings. The lowest BCUT2D eigenvalue weighted by Crippen LogP contribution is -1.87. The van der Waals surface area contributed by atoms with Gasteiger partial charge in [0.05, 0.1) is 10.6 Å². The molecule has 0 amide bonds. The Hall–Kier alpha value is -1.34. The molecule has 0 saturated heterocycles. The fraction of sp³-hybridized carbons (Fsp3) is 0. The van der Waals surface area contributed by atoms with Gasteiger partial charge in [-0.3, -0.25) is 4.98 Å². The second-order valence-electron chi connectivity index (χ2n) is 3.70. The minimum absolute atomic E-state index is 0.346. The average Bonchev–Trinajstić information content (AvgIpc) is 2.39. The van der Waals surface area contributed by atoms with Crippen LogP contribution in [0.5, 0.6) is 0 Å². The van der Waals surface area contributed by atoms with Gasteiger partial charge < -0.3 is 0 Å². The summed E-state index contributed by atoms with van der Waals surface area (Å²) >= 11 is 15.6. The summed E-state index contributed by atoms with van der Waals surface area (Å²) in [5, 5.41) is 10.2. The van der Waals surface area contributed by atoms with E-state index in [2.05, 4.69) is 27.0 Å².